The van der Waals surface area contributed by atoms with Crippen LogP contribution < -0.4 is 10.2 Å². The lowest BCUT2D eigenvalue weighted by Gasteiger charge is -2.21. The standard InChI is InChI=1S/C15H23BrN2/c1-4-9-17-11(2)14-8-7-13(10-15(14)16)18(3)12-5-6-12/h7-8,10-12,17H,4-6,9H2,1-3H3. The van der Waals surface area contributed by atoms with Gasteiger partial charge in [-0.15, -0.1) is 0 Å². The number of benzene rings is 1. The first-order valence-electron chi connectivity index (χ1n) is 6.89. The molecule has 0 aliphatic heterocycles. The fraction of sp³-hybridized carbons (Fsp3) is 0.600. The molecule has 1 N–H and O–H groups in total. The highest BCUT2D eigenvalue weighted by Crippen LogP contribution is 2.33. The summed E-state index contributed by atoms with van der Waals surface area (Å²) in [4.78, 5) is 2.39. The van der Waals surface area contributed by atoms with E-state index in [-0.39, 0.29) is 0 Å². The largest absolute Gasteiger partial charge is 0.372 e. The van der Waals surface area contributed by atoms with Gasteiger partial charge in [-0.05, 0) is 50.4 Å². The molecule has 0 radical (unpaired) electrons. The summed E-state index contributed by atoms with van der Waals surface area (Å²) in [6.07, 6.45) is 3.85. The van der Waals surface area contributed by atoms with Crippen LogP contribution in [0.15, 0.2) is 22.7 Å². The van der Waals surface area contributed by atoms with E-state index in [4.69, 9.17) is 0 Å². The molecule has 0 bridgehead atoms. The van der Waals surface area contributed by atoms with E-state index in [1.165, 1.54) is 35.0 Å². The van der Waals surface area contributed by atoms with E-state index >= 15 is 0 Å². The zero-order chi connectivity index (χ0) is 13.1. The number of nitrogens with zero attached hydrogens (tertiary/aromatic N) is 1. The van der Waals surface area contributed by atoms with E-state index in [2.05, 4.69) is 65.2 Å². The van der Waals surface area contributed by atoms with Crippen LogP contribution in [0.1, 0.15) is 44.7 Å². The van der Waals surface area contributed by atoms with Crippen molar-refractivity contribution in [3.05, 3.63) is 28.2 Å². The molecule has 100 valence electrons. The van der Waals surface area contributed by atoms with E-state index in [0.717, 1.165) is 12.6 Å². The van der Waals surface area contributed by atoms with E-state index in [1.807, 2.05) is 0 Å². The SMILES string of the molecule is CCCNC(C)c1ccc(N(C)C2CC2)cc1Br. The Kier molecular flexibility index (Phi) is 4.68. The molecule has 1 unspecified atom stereocenters. The first kappa shape index (κ1) is 13.9. The van der Waals surface area contributed by atoms with E-state index < -0.39 is 0 Å². The normalized spacial score (nSPS) is 16.7. The first-order chi connectivity index (χ1) is 8.63. The summed E-state index contributed by atoms with van der Waals surface area (Å²) in [5.74, 6) is 0. The second-order valence-corrected chi connectivity index (χ2v) is 6.08. The number of hydrogen-bond acceptors (Lipinski definition) is 2. The van der Waals surface area contributed by atoms with Gasteiger partial charge >= 0.3 is 0 Å². The van der Waals surface area contributed by atoms with Crippen molar-refractivity contribution in [1.82, 2.24) is 5.32 Å². The van der Waals surface area contributed by atoms with Crippen molar-refractivity contribution in [1.29, 1.82) is 0 Å². The number of anilines is 1. The van der Waals surface area contributed by atoms with Gasteiger partial charge in [-0.25, -0.2) is 0 Å². The smallest absolute Gasteiger partial charge is 0.0377 e. The third kappa shape index (κ3) is 3.27. The average molecular weight is 311 g/mol. The molecule has 1 aromatic rings. The highest BCUT2D eigenvalue weighted by molar-refractivity contribution is 9.10. The van der Waals surface area contributed by atoms with Gasteiger partial charge in [-0.1, -0.05) is 28.9 Å². The molecule has 3 heteroatoms. The van der Waals surface area contributed by atoms with Gasteiger partial charge in [-0.3, -0.25) is 0 Å². The Balaban J connectivity index is 2.08. The van der Waals surface area contributed by atoms with Crippen molar-refractivity contribution in [2.75, 3.05) is 18.5 Å². The van der Waals surface area contributed by atoms with Gasteiger partial charge in [0.2, 0.25) is 0 Å². The average Bonchev–Trinajstić information content (AvgIpc) is 3.19. The van der Waals surface area contributed by atoms with Gasteiger partial charge in [0.25, 0.3) is 0 Å². The number of rotatable bonds is 6. The van der Waals surface area contributed by atoms with E-state index in [0.29, 0.717) is 6.04 Å². The van der Waals surface area contributed by atoms with Crippen molar-refractivity contribution >= 4 is 21.6 Å². The van der Waals surface area contributed by atoms with Gasteiger partial charge in [0, 0.05) is 29.3 Å². The van der Waals surface area contributed by atoms with Crippen LogP contribution in [-0.4, -0.2) is 19.6 Å². The van der Waals surface area contributed by atoms with Crippen LogP contribution >= 0.6 is 15.9 Å². The maximum atomic E-state index is 3.71. The summed E-state index contributed by atoms with van der Waals surface area (Å²) in [5.41, 5.74) is 2.66. The highest BCUT2D eigenvalue weighted by Gasteiger charge is 2.26. The summed E-state index contributed by atoms with van der Waals surface area (Å²) in [6, 6.07) is 7.89. The minimum atomic E-state index is 0.402. The van der Waals surface area contributed by atoms with Crippen LogP contribution in [0.4, 0.5) is 5.69 Å². The third-order valence-electron chi connectivity index (χ3n) is 3.65. The summed E-state index contributed by atoms with van der Waals surface area (Å²) in [6.45, 7) is 5.49. The Bertz CT molecular complexity index is 401. The minimum absolute atomic E-state index is 0.402. The lowest BCUT2D eigenvalue weighted by molar-refractivity contribution is 0.569. The van der Waals surface area contributed by atoms with Gasteiger partial charge in [0.15, 0.2) is 0 Å². The molecular formula is C15H23BrN2. The molecule has 0 saturated heterocycles. The van der Waals surface area contributed by atoms with Gasteiger partial charge in [-0.2, -0.15) is 0 Å². The fourth-order valence-corrected chi connectivity index (χ4v) is 2.94. The predicted octanol–water partition coefficient (Wildman–Crippen LogP) is 4.11. The van der Waals surface area contributed by atoms with Gasteiger partial charge in [0.1, 0.15) is 0 Å². The predicted molar refractivity (Wildman–Crippen MR) is 82.3 cm³/mol. The summed E-state index contributed by atoms with van der Waals surface area (Å²) in [5, 5.41) is 3.53. The van der Waals surface area contributed by atoms with Crippen LogP contribution in [0.2, 0.25) is 0 Å². The molecule has 2 nitrogen and oxygen atoms in total. The molecule has 1 aliphatic rings. The minimum Gasteiger partial charge on any atom is -0.372 e. The van der Waals surface area contributed by atoms with Crippen molar-refractivity contribution in [2.24, 2.45) is 0 Å². The number of nitrogens with one attached hydrogen (secondary N) is 1. The van der Waals surface area contributed by atoms with Crippen molar-refractivity contribution in [2.45, 2.75) is 45.2 Å². The van der Waals surface area contributed by atoms with Crippen molar-refractivity contribution in [3.63, 3.8) is 0 Å². The van der Waals surface area contributed by atoms with Gasteiger partial charge in [0.05, 0.1) is 0 Å². The van der Waals surface area contributed by atoms with Crippen LogP contribution in [0.3, 0.4) is 0 Å². The molecule has 1 fully saturated rings. The topological polar surface area (TPSA) is 15.3 Å². The fourth-order valence-electron chi connectivity index (χ4n) is 2.23. The zero-order valence-electron chi connectivity index (χ0n) is 11.5. The molecule has 18 heavy (non-hydrogen) atoms. The second-order valence-electron chi connectivity index (χ2n) is 5.22. The summed E-state index contributed by atoms with van der Waals surface area (Å²) < 4.78 is 1.21. The zero-order valence-corrected chi connectivity index (χ0v) is 13.1. The van der Waals surface area contributed by atoms with Crippen molar-refractivity contribution < 1.29 is 0 Å². The molecule has 1 saturated carbocycles. The Hall–Kier alpha value is -0.540. The molecular weight excluding hydrogens is 288 g/mol. The highest BCUT2D eigenvalue weighted by atomic mass is 79.9. The Morgan fingerprint density at radius 2 is 2.17 bits per heavy atom. The molecule has 1 aliphatic carbocycles. The summed E-state index contributed by atoms with van der Waals surface area (Å²) in [7, 11) is 2.19. The Morgan fingerprint density at radius 1 is 1.44 bits per heavy atom. The molecule has 1 aromatic carbocycles. The monoisotopic (exact) mass is 310 g/mol. The molecule has 1 atom stereocenters. The lowest BCUT2D eigenvalue weighted by atomic mass is 10.1. The van der Waals surface area contributed by atoms with Crippen LogP contribution in [0.5, 0.6) is 0 Å². The quantitative estimate of drug-likeness (QED) is 0.850. The lowest BCUT2D eigenvalue weighted by Crippen LogP contribution is -2.21. The number of halogens is 1. The van der Waals surface area contributed by atoms with E-state index in [1.54, 1.807) is 0 Å². The molecule has 0 amide bonds. The van der Waals surface area contributed by atoms with E-state index in [9.17, 15) is 0 Å². The van der Waals surface area contributed by atoms with Gasteiger partial charge < -0.3 is 10.2 Å². The molecule has 2 rings (SSSR count). The molecule has 0 aromatic heterocycles. The summed E-state index contributed by atoms with van der Waals surface area (Å²) >= 11 is 3.71. The Labute approximate surface area is 119 Å². The van der Waals surface area contributed by atoms with Crippen molar-refractivity contribution in [3.8, 4) is 0 Å². The van der Waals surface area contributed by atoms with Crippen LogP contribution in [0, 0.1) is 0 Å². The maximum absolute atomic E-state index is 3.71. The second kappa shape index (κ2) is 6.07. The van der Waals surface area contributed by atoms with Crippen LogP contribution in [-0.2, 0) is 0 Å². The Morgan fingerprint density at radius 3 is 2.72 bits per heavy atom. The maximum Gasteiger partial charge on any atom is 0.0377 e. The number of hydrogen-bond donors (Lipinski definition) is 1. The third-order valence-corrected chi connectivity index (χ3v) is 4.34. The molecule has 0 heterocycles. The van der Waals surface area contributed by atoms with Crippen LogP contribution in [0.25, 0.3) is 0 Å². The molecule has 0 spiro atoms. The first-order valence-corrected chi connectivity index (χ1v) is 7.68.